The lowest BCUT2D eigenvalue weighted by Crippen LogP contribution is -2.19. The third-order valence-electron chi connectivity index (χ3n) is 3.19. The molecular weight excluding hydrogens is 328 g/mol. The molecule has 2 aromatic heterocycles. The average Bonchev–Trinajstić information content (AvgIpc) is 3.18. The number of amidine groups is 1. The fraction of sp³-hybridized carbons (Fsp3) is 0. The van der Waals surface area contributed by atoms with Gasteiger partial charge in [0.2, 0.25) is 5.13 Å². The van der Waals surface area contributed by atoms with Gasteiger partial charge in [0.15, 0.2) is 5.17 Å². The van der Waals surface area contributed by atoms with Crippen LogP contribution in [-0.2, 0) is 4.79 Å². The summed E-state index contributed by atoms with van der Waals surface area (Å²) >= 11 is 2.75. The number of hydrogen-bond acceptors (Lipinski definition) is 6. The van der Waals surface area contributed by atoms with E-state index in [1.165, 1.54) is 23.1 Å². The van der Waals surface area contributed by atoms with Gasteiger partial charge in [-0.05, 0) is 41.6 Å². The molecule has 0 spiro atoms. The minimum atomic E-state index is -0.142. The first kappa shape index (κ1) is 14.1. The van der Waals surface area contributed by atoms with E-state index in [1.807, 2.05) is 41.8 Å². The van der Waals surface area contributed by atoms with Gasteiger partial charge in [0.1, 0.15) is 0 Å². The lowest BCUT2D eigenvalue weighted by atomic mass is 10.1. The van der Waals surface area contributed by atoms with E-state index in [-0.39, 0.29) is 5.91 Å². The van der Waals surface area contributed by atoms with Crippen LogP contribution in [0.5, 0.6) is 0 Å². The number of thioether (sulfide) groups is 1. The molecule has 0 atom stereocenters. The number of nitrogens with one attached hydrogen (secondary N) is 1. The molecule has 0 unspecified atom stereocenters. The number of carbonyl (C=O) groups excluding carboxylic acids is 1. The van der Waals surface area contributed by atoms with E-state index in [9.17, 15) is 4.79 Å². The topological polar surface area (TPSA) is 67.2 Å². The Morgan fingerprint density at radius 3 is 3.00 bits per heavy atom. The summed E-state index contributed by atoms with van der Waals surface area (Å²) < 4.78 is 0. The first-order valence-electron chi connectivity index (χ1n) is 6.82. The SMILES string of the molecule is O=C1NC(=Nc2nccs2)SC1=Cc1ccc2ncccc2c1. The van der Waals surface area contributed by atoms with Gasteiger partial charge >= 0.3 is 0 Å². The number of thiazole rings is 1. The quantitative estimate of drug-likeness (QED) is 0.725. The number of fused-ring (bicyclic) bond motifs is 1. The van der Waals surface area contributed by atoms with E-state index in [0.29, 0.717) is 15.2 Å². The van der Waals surface area contributed by atoms with Crippen molar-refractivity contribution in [3.05, 3.63) is 58.6 Å². The molecule has 1 N–H and O–H groups in total. The summed E-state index contributed by atoms with van der Waals surface area (Å²) in [7, 11) is 0. The van der Waals surface area contributed by atoms with Crippen molar-refractivity contribution in [1.82, 2.24) is 15.3 Å². The molecule has 0 saturated carbocycles. The minimum absolute atomic E-state index is 0.142. The van der Waals surface area contributed by atoms with Gasteiger partial charge in [0.25, 0.3) is 5.91 Å². The van der Waals surface area contributed by atoms with Crippen molar-refractivity contribution in [2.45, 2.75) is 0 Å². The van der Waals surface area contributed by atoms with Gasteiger partial charge in [0.05, 0.1) is 10.4 Å². The first-order chi connectivity index (χ1) is 11.3. The number of carbonyl (C=O) groups is 1. The second-order valence-electron chi connectivity index (χ2n) is 4.75. The third-order valence-corrected chi connectivity index (χ3v) is 4.77. The highest BCUT2D eigenvalue weighted by molar-refractivity contribution is 8.18. The molecule has 1 aliphatic heterocycles. The normalized spacial score (nSPS) is 18.0. The maximum atomic E-state index is 12.1. The predicted octanol–water partition coefficient (Wildman–Crippen LogP) is 3.58. The van der Waals surface area contributed by atoms with Gasteiger partial charge in [-0.2, -0.15) is 4.99 Å². The molecule has 4 rings (SSSR count). The second kappa shape index (κ2) is 5.94. The van der Waals surface area contributed by atoms with Crippen LogP contribution in [0.15, 0.2) is 58.0 Å². The Labute approximate surface area is 140 Å². The summed E-state index contributed by atoms with van der Waals surface area (Å²) in [6.45, 7) is 0. The van der Waals surface area contributed by atoms with Crippen molar-refractivity contribution >= 4 is 56.3 Å². The number of pyridine rings is 1. The Kier molecular flexibility index (Phi) is 3.64. The molecule has 0 radical (unpaired) electrons. The highest BCUT2D eigenvalue weighted by Gasteiger charge is 2.24. The molecule has 23 heavy (non-hydrogen) atoms. The van der Waals surface area contributed by atoms with Crippen LogP contribution in [0.25, 0.3) is 17.0 Å². The lowest BCUT2D eigenvalue weighted by molar-refractivity contribution is -0.115. The zero-order valence-electron chi connectivity index (χ0n) is 11.8. The molecular formula is C16H10N4OS2. The zero-order chi connectivity index (χ0) is 15.6. The van der Waals surface area contributed by atoms with Crippen molar-refractivity contribution < 1.29 is 4.79 Å². The molecule has 112 valence electrons. The van der Waals surface area contributed by atoms with Gasteiger partial charge in [0, 0.05) is 23.2 Å². The average molecular weight is 338 g/mol. The van der Waals surface area contributed by atoms with Crippen LogP contribution in [0.4, 0.5) is 5.13 Å². The maximum Gasteiger partial charge on any atom is 0.264 e. The van der Waals surface area contributed by atoms with Crippen LogP contribution in [0, 0.1) is 0 Å². The Hall–Kier alpha value is -2.51. The summed E-state index contributed by atoms with van der Waals surface area (Å²) in [5.41, 5.74) is 1.89. The van der Waals surface area contributed by atoms with Crippen LogP contribution >= 0.6 is 23.1 Å². The Morgan fingerprint density at radius 1 is 1.17 bits per heavy atom. The maximum absolute atomic E-state index is 12.1. The summed E-state index contributed by atoms with van der Waals surface area (Å²) in [5.74, 6) is -0.142. The number of benzene rings is 1. The summed E-state index contributed by atoms with van der Waals surface area (Å²) in [5, 5.41) is 6.84. The van der Waals surface area contributed by atoms with Crippen LogP contribution in [0.2, 0.25) is 0 Å². The van der Waals surface area contributed by atoms with Gasteiger partial charge < -0.3 is 5.32 Å². The highest BCUT2D eigenvalue weighted by atomic mass is 32.2. The second-order valence-corrected chi connectivity index (χ2v) is 6.66. The van der Waals surface area contributed by atoms with E-state index in [0.717, 1.165) is 16.5 Å². The van der Waals surface area contributed by atoms with Crippen molar-refractivity contribution in [1.29, 1.82) is 0 Å². The van der Waals surface area contributed by atoms with Crippen LogP contribution in [0.1, 0.15) is 5.56 Å². The van der Waals surface area contributed by atoms with Gasteiger partial charge in [-0.1, -0.05) is 12.1 Å². The van der Waals surface area contributed by atoms with Gasteiger partial charge in [-0.15, -0.1) is 11.3 Å². The minimum Gasteiger partial charge on any atom is -0.300 e. The number of hydrogen-bond donors (Lipinski definition) is 1. The molecule has 0 aliphatic carbocycles. The fourth-order valence-corrected chi connectivity index (χ4v) is 3.56. The van der Waals surface area contributed by atoms with E-state index in [1.54, 1.807) is 12.4 Å². The third kappa shape index (κ3) is 3.01. The standard InChI is InChI=1S/C16H10N4OS2/c21-14-13(23-16(19-14)20-15-18-6-7-22-15)9-10-3-4-12-11(8-10)2-1-5-17-12/h1-9H,(H,18,19,20,21). The molecule has 3 heterocycles. The van der Waals surface area contributed by atoms with Crippen molar-refractivity contribution in [2.75, 3.05) is 0 Å². The smallest absolute Gasteiger partial charge is 0.264 e. The number of aliphatic imine (C=N–C) groups is 1. The van der Waals surface area contributed by atoms with E-state index in [4.69, 9.17) is 0 Å². The molecule has 1 aliphatic rings. The number of aromatic nitrogens is 2. The molecule has 1 saturated heterocycles. The van der Waals surface area contributed by atoms with Gasteiger partial charge in [-0.25, -0.2) is 4.98 Å². The molecule has 5 nitrogen and oxygen atoms in total. The van der Waals surface area contributed by atoms with Crippen molar-refractivity contribution in [2.24, 2.45) is 4.99 Å². The van der Waals surface area contributed by atoms with Gasteiger partial charge in [-0.3, -0.25) is 9.78 Å². The number of amides is 1. The number of rotatable bonds is 2. The van der Waals surface area contributed by atoms with Crippen LogP contribution in [-0.4, -0.2) is 21.0 Å². The Balaban J connectivity index is 1.63. The van der Waals surface area contributed by atoms with E-state index >= 15 is 0 Å². The zero-order valence-corrected chi connectivity index (χ0v) is 13.4. The fourth-order valence-electron chi connectivity index (χ4n) is 2.17. The van der Waals surface area contributed by atoms with Crippen molar-refractivity contribution in [3.8, 4) is 0 Å². The molecule has 0 bridgehead atoms. The molecule has 1 fully saturated rings. The first-order valence-corrected chi connectivity index (χ1v) is 8.51. The van der Waals surface area contributed by atoms with Crippen molar-refractivity contribution in [3.63, 3.8) is 0 Å². The molecule has 7 heteroatoms. The summed E-state index contributed by atoms with van der Waals surface area (Å²) in [4.78, 5) is 25.4. The monoisotopic (exact) mass is 338 g/mol. The number of nitrogens with zero attached hydrogens (tertiary/aromatic N) is 3. The predicted molar refractivity (Wildman–Crippen MR) is 94.7 cm³/mol. The van der Waals surface area contributed by atoms with E-state index < -0.39 is 0 Å². The highest BCUT2D eigenvalue weighted by Crippen LogP contribution is 2.29. The summed E-state index contributed by atoms with van der Waals surface area (Å²) in [6, 6.07) is 9.81. The molecule has 1 amide bonds. The van der Waals surface area contributed by atoms with E-state index in [2.05, 4.69) is 20.3 Å². The largest absolute Gasteiger partial charge is 0.300 e. The van der Waals surface area contributed by atoms with Crippen LogP contribution < -0.4 is 5.32 Å². The molecule has 3 aromatic rings. The van der Waals surface area contributed by atoms with Crippen LogP contribution in [0.3, 0.4) is 0 Å². The lowest BCUT2D eigenvalue weighted by Gasteiger charge is -1.99. The Bertz CT molecular complexity index is 948. The Morgan fingerprint density at radius 2 is 2.13 bits per heavy atom. The summed E-state index contributed by atoms with van der Waals surface area (Å²) in [6.07, 6.45) is 5.31. The molecule has 1 aromatic carbocycles.